The molecule has 0 aliphatic carbocycles. The van der Waals surface area contributed by atoms with Crippen LogP contribution in [0.2, 0.25) is 10.0 Å². The smallest absolute Gasteiger partial charge is 0.254 e. The summed E-state index contributed by atoms with van der Waals surface area (Å²) in [5, 5.41) is 7.65. The number of H-pyrrole nitrogens is 1. The van der Waals surface area contributed by atoms with Crippen LogP contribution in [0, 0.1) is 0 Å². The first-order valence-electron chi connectivity index (χ1n) is 8.15. The van der Waals surface area contributed by atoms with E-state index in [9.17, 15) is 4.79 Å². The highest BCUT2D eigenvalue weighted by atomic mass is 35.5. The number of fused-ring (bicyclic) bond motifs is 1. The summed E-state index contributed by atoms with van der Waals surface area (Å²) < 4.78 is 0. The molecule has 1 atom stereocenters. The highest BCUT2D eigenvalue weighted by Gasteiger charge is 2.18. The van der Waals surface area contributed by atoms with E-state index in [0.29, 0.717) is 15.6 Å². The van der Waals surface area contributed by atoms with Crippen molar-refractivity contribution in [2.24, 2.45) is 0 Å². The topological polar surface area (TPSA) is 70.7 Å². The molecule has 3 heterocycles. The Morgan fingerprint density at radius 1 is 1.26 bits per heavy atom. The largest absolute Gasteiger partial charge is 0.360 e. The van der Waals surface area contributed by atoms with Gasteiger partial charge in [-0.15, -0.1) is 11.3 Å². The number of amides is 1. The number of nitrogens with zero attached hydrogens (tertiary/aromatic N) is 2. The predicted molar refractivity (Wildman–Crippen MR) is 110 cm³/mol. The Morgan fingerprint density at radius 3 is 2.93 bits per heavy atom. The van der Waals surface area contributed by atoms with Crippen LogP contribution in [0.5, 0.6) is 0 Å². The van der Waals surface area contributed by atoms with Crippen LogP contribution in [0.4, 0.5) is 0 Å². The fourth-order valence-corrected chi connectivity index (χ4v) is 4.14. The van der Waals surface area contributed by atoms with Crippen molar-refractivity contribution < 1.29 is 4.79 Å². The number of thiazole rings is 1. The van der Waals surface area contributed by atoms with Gasteiger partial charge in [-0.1, -0.05) is 23.2 Å². The highest BCUT2D eigenvalue weighted by molar-refractivity contribution is 7.10. The first-order chi connectivity index (χ1) is 13.0. The van der Waals surface area contributed by atoms with Gasteiger partial charge in [-0.3, -0.25) is 9.78 Å². The Bertz CT molecular complexity index is 1140. The molecule has 136 valence electrons. The summed E-state index contributed by atoms with van der Waals surface area (Å²) in [6.45, 7) is 1.90. The van der Waals surface area contributed by atoms with Crippen LogP contribution in [0.15, 0.2) is 48.2 Å². The number of hydrogen-bond donors (Lipinski definition) is 2. The second-order valence-corrected chi connectivity index (χ2v) is 7.75. The molecule has 0 radical (unpaired) electrons. The van der Waals surface area contributed by atoms with Crippen molar-refractivity contribution >= 4 is 51.3 Å². The molecular formula is C19H14Cl2N4OS. The van der Waals surface area contributed by atoms with Crippen molar-refractivity contribution in [3.63, 3.8) is 0 Å². The van der Waals surface area contributed by atoms with Gasteiger partial charge in [0.2, 0.25) is 0 Å². The minimum atomic E-state index is -0.253. The molecule has 8 heteroatoms. The van der Waals surface area contributed by atoms with Gasteiger partial charge in [0.1, 0.15) is 5.01 Å². The minimum Gasteiger partial charge on any atom is -0.360 e. The van der Waals surface area contributed by atoms with Crippen molar-refractivity contribution in [2.75, 3.05) is 0 Å². The Labute approximate surface area is 169 Å². The van der Waals surface area contributed by atoms with Crippen molar-refractivity contribution in [3.8, 4) is 11.3 Å². The maximum atomic E-state index is 12.7. The summed E-state index contributed by atoms with van der Waals surface area (Å²) in [7, 11) is 0. The van der Waals surface area contributed by atoms with Crippen LogP contribution in [0.3, 0.4) is 0 Å². The van der Waals surface area contributed by atoms with Crippen LogP contribution >= 0.6 is 34.5 Å². The Balaban J connectivity index is 1.55. The van der Waals surface area contributed by atoms with Crippen molar-refractivity contribution in [1.29, 1.82) is 0 Å². The van der Waals surface area contributed by atoms with E-state index in [1.807, 2.05) is 24.4 Å². The SMILES string of the molecule is CC(NC(=O)c1cncc2[nH]ccc12)c1nc(-c2ccc(Cl)cc2Cl)cs1. The second-order valence-electron chi connectivity index (χ2n) is 6.02. The standard InChI is InChI=1S/C19H14Cl2N4OS/c1-10(24-18(26)14-7-22-8-16-12(14)4-5-23-16)19-25-17(9-27-19)13-3-2-11(20)6-15(13)21/h2-10,23H,1H3,(H,24,26). The molecule has 0 bridgehead atoms. The van der Waals surface area contributed by atoms with Gasteiger partial charge >= 0.3 is 0 Å². The molecule has 0 aliphatic heterocycles. The van der Waals surface area contributed by atoms with Crippen molar-refractivity contribution in [1.82, 2.24) is 20.3 Å². The van der Waals surface area contributed by atoms with Crippen molar-refractivity contribution in [2.45, 2.75) is 13.0 Å². The normalized spacial score (nSPS) is 12.3. The quantitative estimate of drug-likeness (QED) is 0.462. The lowest BCUT2D eigenvalue weighted by atomic mass is 10.1. The average Bonchev–Trinajstić information content (AvgIpc) is 3.30. The number of nitrogens with one attached hydrogen (secondary N) is 2. The number of benzene rings is 1. The lowest BCUT2D eigenvalue weighted by molar-refractivity contribution is 0.0941. The highest BCUT2D eigenvalue weighted by Crippen LogP contribution is 2.32. The zero-order chi connectivity index (χ0) is 19.0. The summed E-state index contributed by atoms with van der Waals surface area (Å²) in [5.41, 5.74) is 2.91. The molecule has 1 unspecified atom stereocenters. The molecule has 0 saturated carbocycles. The number of halogens is 2. The Kier molecular flexibility index (Phi) is 4.86. The third kappa shape index (κ3) is 3.56. The number of hydrogen-bond acceptors (Lipinski definition) is 4. The van der Waals surface area contributed by atoms with Crippen molar-refractivity contribution in [3.05, 3.63) is 68.9 Å². The minimum absolute atomic E-state index is 0.193. The van der Waals surface area contributed by atoms with Gasteiger partial charge < -0.3 is 10.3 Å². The fraction of sp³-hybridized carbons (Fsp3) is 0.105. The van der Waals surface area contributed by atoms with Crippen LogP contribution < -0.4 is 5.32 Å². The monoisotopic (exact) mass is 416 g/mol. The van der Waals surface area contributed by atoms with E-state index < -0.39 is 0 Å². The molecule has 2 N–H and O–H groups in total. The first kappa shape index (κ1) is 18.0. The zero-order valence-corrected chi connectivity index (χ0v) is 16.5. The van der Waals surface area contributed by atoms with Crippen LogP contribution in [0.1, 0.15) is 28.3 Å². The molecule has 3 aromatic heterocycles. The molecule has 4 rings (SSSR count). The molecule has 5 nitrogen and oxygen atoms in total. The molecule has 1 amide bonds. The molecule has 0 spiro atoms. The molecule has 0 fully saturated rings. The van der Waals surface area contributed by atoms with Gasteiger partial charge in [0, 0.05) is 33.7 Å². The summed E-state index contributed by atoms with van der Waals surface area (Å²) >= 11 is 13.7. The average molecular weight is 417 g/mol. The van der Waals surface area contributed by atoms with Gasteiger partial charge in [0.25, 0.3) is 5.91 Å². The summed E-state index contributed by atoms with van der Waals surface area (Å²) in [6, 6.07) is 6.91. The number of rotatable bonds is 4. The van der Waals surface area contributed by atoms with Gasteiger partial charge in [0.05, 0.1) is 34.0 Å². The number of aromatic amines is 1. The van der Waals surface area contributed by atoms with Gasteiger partial charge in [-0.25, -0.2) is 4.98 Å². The summed E-state index contributed by atoms with van der Waals surface area (Å²) in [5.74, 6) is -0.193. The lowest BCUT2D eigenvalue weighted by Gasteiger charge is -2.11. The van der Waals surface area contributed by atoms with Crippen LogP contribution in [-0.2, 0) is 0 Å². The van der Waals surface area contributed by atoms with E-state index in [-0.39, 0.29) is 11.9 Å². The number of pyridine rings is 1. The maximum Gasteiger partial charge on any atom is 0.254 e. The van der Waals surface area contributed by atoms with E-state index in [1.54, 1.807) is 30.7 Å². The second kappa shape index (κ2) is 7.31. The molecule has 27 heavy (non-hydrogen) atoms. The summed E-state index contributed by atoms with van der Waals surface area (Å²) in [6.07, 6.45) is 5.05. The van der Waals surface area contributed by atoms with E-state index in [2.05, 4.69) is 20.3 Å². The van der Waals surface area contributed by atoms with Crippen LogP contribution in [-0.4, -0.2) is 20.9 Å². The fourth-order valence-electron chi connectivity index (χ4n) is 2.80. The van der Waals surface area contributed by atoms with Gasteiger partial charge in [-0.05, 0) is 31.2 Å². The number of carbonyl (C=O) groups excluding carboxylic acids is 1. The van der Waals surface area contributed by atoms with Gasteiger partial charge in [0.15, 0.2) is 0 Å². The molecule has 4 aromatic rings. The van der Waals surface area contributed by atoms with E-state index in [0.717, 1.165) is 27.2 Å². The zero-order valence-electron chi connectivity index (χ0n) is 14.2. The lowest BCUT2D eigenvalue weighted by Crippen LogP contribution is -2.26. The Morgan fingerprint density at radius 2 is 2.11 bits per heavy atom. The molecule has 0 saturated heterocycles. The number of carbonyl (C=O) groups is 1. The Hall–Kier alpha value is -2.41. The van der Waals surface area contributed by atoms with E-state index >= 15 is 0 Å². The predicted octanol–water partition coefficient (Wildman–Crippen LogP) is 5.48. The molecule has 1 aromatic carbocycles. The van der Waals surface area contributed by atoms with Crippen LogP contribution in [0.25, 0.3) is 22.2 Å². The van der Waals surface area contributed by atoms with E-state index in [4.69, 9.17) is 23.2 Å². The third-order valence-electron chi connectivity index (χ3n) is 4.17. The maximum absolute atomic E-state index is 12.7. The first-order valence-corrected chi connectivity index (χ1v) is 9.79. The van der Waals surface area contributed by atoms with Gasteiger partial charge in [-0.2, -0.15) is 0 Å². The molecule has 0 aliphatic rings. The van der Waals surface area contributed by atoms with E-state index in [1.165, 1.54) is 11.3 Å². The number of aromatic nitrogens is 3. The summed E-state index contributed by atoms with van der Waals surface area (Å²) in [4.78, 5) is 24.5. The third-order valence-corrected chi connectivity index (χ3v) is 5.74. The molecular weight excluding hydrogens is 403 g/mol.